The number of aromatic nitrogens is 2. The molecule has 0 bridgehead atoms. The molecule has 4 N–H and O–H groups in total. The molecule has 1 saturated carbocycles. The van der Waals surface area contributed by atoms with Gasteiger partial charge in [-0.05, 0) is 50.2 Å². The Balaban J connectivity index is 1.24. The number of carbonyl (C=O) groups is 3. The van der Waals surface area contributed by atoms with E-state index < -0.39 is 30.3 Å². The molecule has 5 rings (SSSR count). The number of hydrogen-bond acceptors (Lipinski definition) is 9. The number of ether oxygens (including phenoxy) is 1. The molecule has 50 heavy (non-hydrogen) atoms. The van der Waals surface area contributed by atoms with Crippen molar-refractivity contribution in [3.8, 4) is 0 Å². The minimum absolute atomic E-state index is 0.0713. The van der Waals surface area contributed by atoms with E-state index in [2.05, 4.69) is 34.8 Å². The third-order valence-electron chi connectivity index (χ3n) is 8.47. The molecule has 1 aliphatic carbocycles. The highest BCUT2D eigenvalue weighted by Crippen LogP contribution is 2.29. The molecule has 1 fully saturated rings. The Morgan fingerprint density at radius 1 is 0.940 bits per heavy atom. The summed E-state index contributed by atoms with van der Waals surface area (Å²) < 4.78 is 5.42. The fourth-order valence-electron chi connectivity index (χ4n) is 5.59. The molecule has 4 atom stereocenters. The minimum Gasteiger partial charge on any atom is -0.444 e. The number of amides is 4. The van der Waals surface area contributed by atoms with Crippen LogP contribution in [0, 0.1) is 0 Å². The number of benzene rings is 2. The topological polar surface area (TPSA) is 146 Å². The van der Waals surface area contributed by atoms with Crippen LogP contribution in [0.3, 0.4) is 0 Å². The fraction of sp³-hybridized carbons (Fsp3) is 0.432. The van der Waals surface area contributed by atoms with E-state index in [0.29, 0.717) is 25.3 Å². The summed E-state index contributed by atoms with van der Waals surface area (Å²) in [5, 5.41) is 23.5. The van der Waals surface area contributed by atoms with Gasteiger partial charge in [-0.15, -0.1) is 22.7 Å². The molecule has 1 unspecified atom stereocenters. The zero-order chi connectivity index (χ0) is 35.5. The highest BCUT2D eigenvalue weighted by atomic mass is 32.1. The van der Waals surface area contributed by atoms with Crippen molar-refractivity contribution in [1.82, 2.24) is 30.8 Å². The lowest BCUT2D eigenvalue weighted by Gasteiger charge is -2.29. The van der Waals surface area contributed by atoms with Crippen molar-refractivity contribution in [2.45, 2.75) is 102 Å². The predicted octanol–water partition coefficient (Wildman–Crippen LogP) is 5.80. The van der Waals surface area contributed by atoms with E-state index in [1.54, 1.807) is 34.9 Å². The van der Waals surface area contributed by atoms with Crippen molar-refractivity contribution in [2.75, 3.05) is 0 Å². The first-order chi connectivity index (χ1) is 24.1. The van der Waals surface area contributed by atoms with E-state index in [0.717, 1.165) is 39.5 Å². The number of rotatable bonds is 17. The molecule has 0 aliphatic heterocycles. The summed E-state index contributed by atoms with van der Waals surface area (Å²) >= 11 is 2.98. The van der Waals surface area contributed by atoms with Gasteiger partial charge in [0.1, 0.15) is 12.6 Å². The summed E-state index contributed by atoms with van der Waals surface area (Å²) in [6.07, 6.45) is 2.72. The van der Waals surface area contributed by atoms with E-state index >= 15 is 0 Å². The van der Waals surface area contributed by atoms with Crippen LogP contribution in [0.2, 0.25) is 0 Å². The average molecular weight is 719 g/mol. The predicted molar refractivity (Wildman–Crippen MR) is 195 cm³/mol. The third-order valence-corrected chi connectivity index (χ3v) is 10.4. The Labute approximate surface area is 301 Å². The number of thiazole rings is 2. The van der Waals surface area contributed by atoms with Gasteiger partial charge >= 0.3 is 12.1 Å². The Morgan fingerprint density at radius 3 is 2.22 bits per heavy atom. The van der Waals surface area contributed by atoms with Crippen molar-refractivity contribution in [3.63, 3.8) is 0 Å². The van der Waals surface area contributed by atoms with E-state index in [1.165, 1.54) is 11.3 Å². The Hall–Kier alpha value is -4.33. The van der Waals surface area contributed by atoms with E-state index in [4.69, 9.17) is 9.72 Å². The van der Waals surface area contributed by atoms with Gasteiger partial charge in [-0.2, -0.15) is 0 Å². The number of nitrogens with zero attached hydrogens (tertiary/aromatic N) is 3. The van der Waals surface area contributed by atoms with E-state index in [1.807, 2.05) is 66.0 Å². The first kappa shape index (κ1) is 36.9. The number of alkyl carbamates (subject to hydrolysis) is 1. The molecule has 13 heteroatoms. The van der Waals surface area contributed by atoms with Gasteiger partial charge in [0.05, 0.1) is 39.8 Å². The molecule has 266 valence electrons. The van der Waals surface area contributed by atoms with Gasteiger partial charge in [-0.1, -0.05) is 74.5 Å². The zero-order valence-electron chi connectivity index (χ0n) is 28.7. The largest absolute Gasteiger partial charge is 0.444 e. The lowest BCUT2D eigenvalue weighted by Crippen LogP contribution is -2.53. The maximum Gasteiger partial charge on any atom is 0.407 e. The molecule has 0 radical (unpaired) electrons. The Kier molecular flexibility index (Phi) is 13.3. The standard InChI is InChI=1S/C37H46N6O5S2/c1-24(2)35-41-29(22-49-35)20-43(30-14-15-30)36(46)39-25(3)34(45)40-28(16-26-10-6-4-7-11-26)18-33(44)32(17-27-12-8-5-9-13-27)42-37(47)48-21-31-19-38-23-50-31/h4-13,19,22-25,28,30,32-33,44H,14-18,20-21H2,1-3H3,(H,39,46)(H,40,45)(H,42,47)/t25?,28-,32-,33-/m0/s1. The fourth-order valence-corrected chi connectivity index (χ4v) is 6.92. The molecular weight excluding hydrogens is 673 g/mol. The first-order valence-corrected chi connectivity index (χ1v) is 18.8. The van der Waals surface area contributed by atoms with Crippen LogP contribution in [0.5, 0.6) is 0 Å². The molecule has 1 aliphatic rings. The number of nitrogens with one attached hydrogen (secondary N) is 3. The summed E-state index contributed by atoms with van der Waals surface area (Å²) in [5.74, 6) is -0.0510. The van der Waals surface area contributed by atoms with Crippen LogP contribution in [0.25, 0.3) is 0 Å². The first-order valence-electron chi connectivity index (χ1n) is 17.0. The van der Waals surface area contributed by atoms with Crippen LogP contribution < -0.4 is 16.0 Å². The van der Waals surface area contributed by atoms with Gasteiger partial charge in [-0.3, -0.25) is 9.78 Å². The zero-order valence-corrected chi connectivity index (χ0v) is 30.3. The van der Waals surface area contributed by atoms with Crippen molar-refractivity contribution in [3.05, 3.63) is 104 Å². The molecular formula is C37H46N6O5S2. The van der Waals surface area contributed by atoms with Crippen LogP contribution in [0.4, 0.5) is 9.59 Å². The average Bonchev–Trinajstić information content (AvgIpc) is 3.58. The second-order valence-corrected chi connectivity index (χ2v) is 14.9. The van der Waals surface area contributed by atoms with Gasteiger partial charge in [0, 0.05) is 29.6 Å². The van der Waals surface area contributed by atoms with Crippen molar-refractivity contribution in [2.24, 2.45) is 0 Å². The number of urea groups is 1. The molecule has 2 aromatic heterocycles. The summed E-state index contributed by atoms with van der Waals surface area (Å²) in [6.45, 7) is 6.31. The Morgan fingerprint density at radius 2 is 1.62 bits per heavy atom. The van der Waals surface area contributed by atoms with Gasteiger partial charge in [0.25, 0.3) is 0 Å². The molecule has 4 amide bonds. The number of aliphatic hydroxyl groups excluding tert-OH is 1. The monoisotopic (exact) mass is 718 g/mol. The molecule has 0 saturated heterocycles. The SMILES string of the molecule is CC(NC(=O)N(Cc1csc(C(C)C)n1)C1CC1)C(=O)N[C@@H](Cc1ccccc1)C[C@H](O)[C@H](Cc1ccccc1)NC(=O)OCc1cncs1. The van der Waals surface area contributed by atoms with E-state index in [9.17, 15) is 19.5 Å². The summed E-state index contributed by atoms with van der Waals surface area (Å²) in [4.78, 5) is 51.2. The molecule has 0 spiro atoms. The van der Waals surface area contributed by atoms with Gasteiger partial charge in [0.2, 0.25) is 5.91 Å². The van der Waals surface area contributed by atoms with Crippen LogP contribution >= 0.6 is 22.7 Å². The maximum absolute atomic E-state index is 13.6. The minimum atomic E-state index is -1.04. The maximum atomic E-state index is 13.6. The third kappa shape index (κ3) is 11.4. The number of hydrogen-bond donors (Lipinski definition) is 4. The molecule has 4 aromatic rings. The second kappa shape index (κ2) is 18.1. The summed E-state index contributed by atoms with van der Waals surface area (Å²) in [5.41, 5.74) is 4.42. The highest BCUT2D eigenvalue weighted by molar-refractivity contribution is 7.09. The molecule has 2 heterocycles. The van der Waals surface area contributed by atoms with Gasteiger partial charge in [-0.25, -0.2) is 14.6 Å². The van der Waals surface area contributed by atoms with Crippen molar-refractivity contribution in [1.29, 1.82) is 0 Å². The second-order valence-electron chi connectivity index (χ2n) is 13.0. The van der Waals surface area contributed by atoms with Gasteiger partial charge in [0.15, 0.2) is 0 Å². The van der Waals surface area contributed by atoms with Gasteiger partial charge < -0.3 is 30.7 Å². The van der Waals surface area contributed by atoms with E-state index in [-0.39, 0.29) is 31.0 Å². The molecule has 11 nitrogen and oxygen atoms in total. The van der Waals surface area contributed by atoms with Crippen molar-refractivity contribution >= 4 is 40.7 Å². The smallest absolute Gasteiger partial charge is 0.407 e. The normalized spacial score (nSPS) is 15.1. The lowest BCUT2D eigenvalue weighted by atomic mass is 9.93. The number of carbonyl (C=O) groups excluding carboxylic acids is 3. The summed E-state index contributed by atoms with van der Waals surface area (Å²) in [6, 6.07) is 17.0. The van der Waals surface area contributed by atoms with Crippen LogP contribution in [-0.4, -0.2) is 68.3 Å². The van der Waals surface area contributed by atoms with Crippen LogP contribution in [-0.2, 0) is 35.5 Å². The van der Waals surface area contributed by atoms with Crippen LogP contribution in [0.1, 0.15) is 72.7 Å². The van der Waals surface area contributed by atoms with Crippen molar-refractivity contribution < 1.29 is 24.2 Å². The lowest BCUT2D eigenvalue weighted by molar-refractivity contribution is -0.123. The summed E-state index contributed by atoms with van der Waals surface area (Å²) in [7, 11) is 0. The molecule has 2 aromatic carbocycles. The Bertz CT molecular complexity index is 1650. The quantitative estimate of drug-likeness (QED) is 0.108. The number of aliphatic hydroxyl groups is 1. The van der Waals surface area contributed by atoms with Crippen LogP contribution in [0.15, 0.2) is 77.8 Å². The highest BCUT2D eigenvalue weighted by Gasteiger charge is 2.35.